The van der Waals surface area contributed by atoms with E-state index in [4.69, 9.17) is 10.1 Å². The van der Waals surface area contributed by atoms with Crippen molar-refractivity contribution in [3.05, 3.63) is 35.7 Å². The standard InChI is InChI=1S/C22H27N5O3S/c28-20(29)17-13-25(14-17)12-15-6-8-18(9-7-15)26-10-11-27(22(26)30)21-23-19(24-31-21)16-4-2-1-3-5-16/h6-9,16-17H,1-5,10-14H2,(H,28,29). The van der Waals surface area contributed by atoms with Crippen LogP contribution in [0.5, 0.6) is 0 Å². The molecule has 31 heavy (non-hydrogen) atoms. The number of aliphatic carboxylic acids is 1. The lowest BCUT2D eigenvalue weighted by molar-refractivity contribution is -0.147. The summed E-state index contributed by atoms with van der Waals surface area (Å²) in [6.45, 7) is 3.18. The summed E-state index contributed by atoms with van der Waals surface area (Å²) in [4.78, 5) is 34.3. The second-order valence-electron chi connectivity index (χ2n) is 8.75. The lowest BCUT2D eigenvalue weighted by atomic mass is 9.89. The number of rotatable bonds is 6. The van der Waals surface area contributed by atoms with Crippen molar-refractivity contribution in [1.29, 1.82) is 0 Å². The number of likely N-dealkylation sites (tertiary alicyclic amines) is 1. The summed E-state index contributed by atoms with van der Waals surface area (Å²) < 4.78 is 4.56. The Kier molecular flexibility index (Phi) is 5.62. The first kappa shape index (κ1) is 20.4. The van der Waals surface area contributed by atoms with E-state index in [9.17, 15) is 9.59 Å². The van der Waals surface area contributed by atoms with Gasteiger partial charge < -0.3 is 5.11 Å². The molecule has 1 aromatic heterocycles. The molecule has 0 radical (unpaired) electrons. The van der Waals surface area contributed by atoms with E-state index in [1.54, 1.807) is 9.80 Å². The van der Waals surface area contributed by atoms with E-state index < -0.39 is 5.97 Å². The lowest BCUT2D eigenvalue weighted by Gasteiger charge is -2.36. The molecule has 2 amide bonds. The number of carbonyl (C=O) groups is 2. The van der Waals surface area contributed by atoms with Crippen molar-refractivity contribution in [1.82, 2.24) is 14.3 Å². The highest BCUT2D eigenvalue weighted by Crippen LogP contribution is 2.34. The van der Waals surface area contributed by atoms with Gasteiger partial charge in [-0.3, -0.25) is 19.5 Å². The van der Waals surface area contributed by atoms with Gasteiger partial charge in [0.15, 0.2) is 0 Å². The van der Waals surface area contributed by atoms with Gasteiger partial charge in [-0.25, -0.2) is 9.78 Å². The maximum absolute atomic E-state index is 13.0. The summed E-state index contributed by atoms with van der Waals surface area (Å²) >= 11 is 1.33. The predicted octanol–water partition coefficient (Wildman–Crippen LogP) is 3.55. The third kappa shape index (κ3) is 4.16. The van der Waals surface area contributed by atoms with Gasteiger partial charge in [-0.15, -0.1) is 0 Å². The van der Waals surface area contributed by atoms with Crippen LogP contribution < -0.4 is 9.80 Å². The molecule has 2 aromatic rings. The second kappa shape index (κ2) is 8.55. The van der Waals surface area contributed by atoms with Crippen LogP contribution in [0.15, 0.2) is 24.3 Å². The van der Waals surface area contributed by atoms with Gasteiger partial charge in [0.2, 0.25) is 5.13 Å². The first-order valence-electron chi connectivity index (χ1n) is 11.1. The van der Waals surface area contributed by atoms with Gasteiger partial charge in [-0.2, -0.15) is 4.37 Å². The largest absolute Gasteiger partial charge is 0.481 e. The first-order valence-corrected chi connectivity index (χ1v) is 11.8. The number of amides is 2. The smallest absolute Gasteiger partial charge is 0.330 e. The summed E-state index contributed by atoms with van der Waals surface area (Å²) in [5.74, 6) is 0.389. The molecule has 8 nitrogen and oxygen atoms in total. The molecule has 164 valence electrons. The molecule has 3 heterocycles. The highest BCUT2D eigenvalue weighted by Gasteiger charge is 2.34. The van der Waals surface area contributed by atoms with Gasteiger partial charge in [0.05, 0.1) is 5.92 Å². The summed E-state index contributed by atoms with van der Waals surface area (Å²) in [6, 6.07) is 7.93. The molecule has 2 saturated heterocycles. The number of carboxylic acid groups (broad SMARTS) is 1. The van der Waals surface area contributed by atoms with Crippen LogP contribution in [0.1, 0.15) is 49.4 Å². The number of carbonyl (C=O) groups excluding carboxylic acids is 1. The highest BCUT2D eigenvalue weighted by atomic mass is 32.1. The Morgan fingerprint density at radius 3 is 2.48 bits per heavy atom. The van der Waals surface area contributed by atoms with Crippen molar-refractivity contribution in [3.63, 3.8) is 0 Å². The number of anilines is 2. The molecule has 0 spiro atoms. The molecule has 2 aliphatic heterocycles. The van der Waals surface area contributed by atoms with Crippen LogP contribution in [0.2, 0.25) is 0 Å². The maximum Gasteiger partial charge on any atom is 0.330 e. The van der Waals surface area contributed by atoms with E-state index in [1.165, 1.54) is 30.8 Å². The van der Waals surface area contributed by atoms with Gasteiger partial charge in [0.25, 0.3) is 0 Å². The van der Waals surface area contributed by atoms with E-state index >= 15 is 0 Å². The monoisotopic (exact) mass is 441 g/mol. The fourth-order valence-corrected chi connectivity index (χ4v) is 5.48. The van der Waals surface area contributed by atoms with Crippen LogP contribution in [0.25, 0.3) is 0 Å². The third-order valence-corrected chi connectivity index (χ3v) is 7.36. The van der Waals surface area contributed by atoms with Gasteiger partial charge >= 0.3 is 12.0 Å². The minimum atomic E-state index is -0.718. The molecule has 9 heteroatoms. The molecule has 0 unspecified atom stereocenters. The Bertz CT molecular complexity index is 950. The minimum Gasteiger partial charge on any atom is -0.481 e. The molecule has 0 atom stereocenters. The first-order chi connectivity index (χ1) is 15.1. The molecule has 0 bridgehead atoms. The Hall–Kier alpha value is -2.52. The molecular formula is C22H27N5O3S. The Labute approximate surface area is 185 Å². The average molecular weight is 442 g/mol. The number of nitrogens with zero attached hydrogens (tertiary/aromatic N) is 5. The zero-order chi connectivity index (χ0) is 21.4. The highest BCUT2D eigenvalue weighted by molar-refractivity contribution is 7.10. The van der Waals surface area contributed by atoms with Gasteiger partial charge in [-0.1, -0.05) is 31.4 Å². The molecule has 5 rings (SSSR count). The van der Waals surface area contributed by atoms with Crippen LogP contribution in [0.4, 0.5) is 15.6 Å². The van der Waals surface area contributed by atoms with E-state index in [0.29, 0.717) is 37.2 Å². The number of hydrogen-bond donors (Lipinski definition) is 1. The molecular weight excluding hydrogens is 414 g/mol. The Balaban J connectivity index is 1.20. The van der Waals surface area contributed by atoms with Crippen molar-refractivity contribution in [2.24, 2.45) is 5.92 Å². The minimum absolute atomic E-state index is 0.0499. The number of aromatic nitrogens is 2. The molecule has 1 aliphatic carbocycles. The number of urea groups is 1. The lowest BCUT2D eigenvalue weighted by Crippen LogP contribution is -2.49. The molecule has 1 N–H and O–H groups in total. The fourth-order valence-electron chi connectivity index (χ4n) is 4.71. The fraction of sp³-hybridized carbons (Fsp3) is 0.545. The van der Waals surface area contributed by atoms with Gasteiger partial charge in [0.1, 0.15) is 5.82 Å². The van der Waals surface area contributed by atoms with Gasteiger partial charge in [0, 0.05) is 55.9 Å². The topological polar surface area (TPSA) is 89.9 Å². The van der Waals surface area contributed by atoms with Crippen LogP contribution in [-0.4, -0.2) is 57.5 Å². The van der Waals surface area contributed by atoms with Crippen molar-refractivity contribution >= 4 is 34.4 Å². The van der Waals surface area contributed by atoms with Crippen molar-refractivity contribution in [2.75, 3.05) is 36.0 Å². The van der Waals surface area contributed by atoms with E-state index in [-0.39, 0.29) is 11.9 Å². The van der Waals surface area contributed by atoms with Crippen molar-refractivity contribution in [3.8, 4) is 0 Å². The summed E-state index contributed by atoms with van der Waals surface area (Å²) in [5, 5.41) is 9.70. The van der Waals surface area contributed by atoms with Gasteiger partial charge in [-0.05, 0) is 30.5 Å². The quantitative estimate of drug-likeness (QED) is 0.737. The van der Waals surface area contributed by atoms with Crippen LogP contribution in [-0.2, 0) is 11.3 Å². The SMILES string of the molecule is O=C(O)C1CN(Cc2ccc(N3CCN(c4nc(C5CCCCC5)ns4)C3=O)cc2)C1. The van der Waals surface area contributed by atoms with E-state index in [0.717, 1.165) is 36.5 Å². The van der Waals surface area contributed by atoms with E-state index in [1.807, 2.05) is 24.3 Å². The molecule has 1 saturated carbocycles. The predicted molar refractivity (Wildman–Crippen MR) is 119 cm³/mol. The van der Waals surface area contributed by atoms with Crippen molar-refractivity contribution < 1.29 is 14.7 Å². The molecule has 1 aromatic carbocycles. The zero-order valence-electron chi connectivity index (χ0n) is 17.4. The second-order valence-corrected chi connectivity index (χ2v) is 9.48. The number of benzene rings is 1. The van der Waals surface area contributed by atoms with Crippen molar-refractivity contribution in [2.45, 2.75) is 44.6 Å². The maximum atomic E-state index is 13.0. The Morgan fingerprint density at radius 2 is 1.77 bits per heavy atom. The third-order valence-electron chi connectivity index (χ3n) is 6.60. The Morgan fingerprint density at radius 1 is 1.06 bits per heavy atom. The van der Waals surface area contributed by atoms with Crippen LogP contribution in [0, 0.1) is 5.92 Å². The molecule has 3 fully saturated rings. The average Bonchev–Trinajstić information content (AvgIpc) is 3.38. The summed E-state index contributed by atoms with van der Waals surface area (Å²) in [5.41, 5.74) is 2.00. The zero-order valence-corrected chi connectivity index (χ0v) is 18.3. The van der Waals surface area contributed by atoms with E-state index in [2.05, 4.69) is 9.27 Å². The number of carboxylic acids is 1. The van der Waals surface area contributed by atoms with Crippen LogP contribution >= 0.6 is 11.5 Å². The van der Waals surface area contributed by atoms with Crippen LogP contribution in [0.3, 0.4) is 0 Å². The molecule has 3 aliphatic rings. The summed E-state index contributed by atoms with van der Waals surface area (Å²) in [6.07, 6.45) is 6.08. The normalized spacial score (nSPS) is 21.0. The number of hydrogen-bond acceptors (Lipinski definition) is 6. The summed E-state index contributed by atoms with van der Waals surface area (Å²) in [7, 11) is 0.